The first kappa shape index (κ1) is 20.1. The van der Waals surface area contributed by atoms with Crippen molar-refractivity contribution in [1.29, 1.82) is 5.26 Å². The van der Waals surface area contributed by atoms with Crippen LogP contribution >= 0.6 is 0 Å². The van der Waals surface area contributed by atoms with E-state index < -0.39 is 5.95 Å². The minimum Gasteiger partial charge on any atom is -0.376 e. The van der Waals surface area contributed by atoms with Crippen LogP contribution in [0.5, 0.6) is 0 Å². The van der Waals surface area contributed by atoms with Gasteiger partial charge in [-0.15, -0.1) is 0 Å². The van der Waals surface area contributed by atoms with Gasteiger partial charge in [-0.2, -0.15) is 9.65 Å². The lowest BCUT2D eigenvalue weighted by Crippen LogP contribution is -1.95. The van der Waals surface area contributed by atoms with Crippen LogP contribution in [0.25, 0.3) is 11.1 Å². The molecule has 0 spiro atoms. The Morgan fingerprint density at radius 1 is 1.32 bits per heavy atom. The second-order valence-corrected chi connectivity index (χ2v) is 5.47. The molecular formula is C21H24FN3. The van der Waals surface area contributed by atoms with Gasteiger partial charge in [0.05, 0.1) is 6.07 Å². The first-order valence-electron chi connectivity index (χ1n) is 8.11. The normalized spacial score (nSPS) is 14.1. The molecule has 0 amide bonds. The average Bonchev–Trinajstić information content (AvgIpc) is 2.59. The third kappa shape index (κ3) is 5.89. The number of halogens is 1. The molecule has 1 aromatic rings. The molecule has 0 aliphatic carbocycles. The fourth-order valence-electron chi connectivity index (χ4n) is 2.44. The van der Waals surface area contributed by atoms with E-state index in [1.54, 1.807) is 19.3 Å². The molecule has 0 saturated carbocycles. The van der Waals surface area contributed by atoms with Crippen LogP contribution in [0, 0.1) is 18.3 Å². The van der Waals surface area contributed by atoms with E-state index in [1.165, 1.54) is 6.08 Å². The molecule has 0 bridgehead atoms. The van der Waals surface area contributed by atoms with Gasteiger partial charge < -0.3 is 5.73 Å². The van der Waals surface area contributed by atoms with E-state index in [1.807, 2.05) is 51.1 Å². The van der Waals surface area contributed by atoms with Crippen molar-refractivity contribution in [2.75, 3.05) is 7.05 Å². The molecule has 0 aliphatic rings. The Kier molecular flexibility index (Phi) is 8.08. The minimum absolute atomic E-state index is 0.585. The fourth-order valence-corrected chi connectivity index (χ4v) is 2.44. The van der Waals surface area contributed by atoms with E-state index >= 15 is 0 Å². The van der Waals surface area contributed by atoms with Crippen molar-refractivity contribution in [3.05, 3.63) is 70.7 Å². The molecule has 0 saturated heterocycles. The fraction of sp³-hybridized carbons (Fsp3) is 0.238. The molecular weight excluding hydrogens is 313 g/mol. The molecule has 0 radical (unpaired) electrons. The van der Waals surface area contributed by atoms with Crippen LogP contribution in [0.2, 0.25) is 0 Å². The Morgan fingerprint density at radius 3 is 2.56 bits per heavy atom. The molecule has 130 valence electrons. The van der Waals surface area contributed by atoms with Gasteiger partial charge in [-0.25, -0.2) is 0 Å². The summed E-state index contributed by atoms with van der Waals surface area (Å²) in [5.74, 6) is -0.737. The van der Waals surface area contributed by atoms with Gasteiger partial charge in [0.25, 0.3) is 0 Å². The van der Waals surface area contributed by atoms with Crippen molar-refractivity contribution in [3.63, 3.8) is 0 Å². The summed E-state index contributed by atoms with van der Waals surface area (Å²) in [5.41, 5.74) is 10.1. The van der Waals surface area contributed by atoms with Crippen LogP contribution in [-0.2, 0) is 0 Å². The molecule has 2 N–H and O–H groups in total. The molecule has 1 aromatic carbocycles. The molecule has 0 heterocycles. The molecule has 3 nitrogen and oxygen atoms in total. The third-order valence-electron chi connectivity index (χ3n) is 3.62. The van der Waals surface area contributed by atoms with Gasteiger partial charge in [0.15, 0.2) is 5.95 Å². The topological polar surface area (TPSA) is 62.2 Å². The highest BCUT2D eigenvalue weighted by molar-refractivity contribution is 6.11. The average molecular weight is 337 g/mol. The quantitative estimate of drug-likeness (QED) is 0.339. The number of nitriles is 1. The molecule has 0 aromatic heterocycles. The third-order valence-corrected chi connectivity index (χ3v) is 3.62. The second-order valence-electron chi connectivity index (χ2n) is 5.47. The number of nitrogens with two attached hydrogens (primary N) is 1. The highest BCUT2D eigenvalue weighted by atomic mass is 19.1. The summed E-state index contributed by atoms with van der Waals surface area (Å²) >= 11 is 0. The lowest BCUT2D eigenvalue weighted by Gasteiger charge is -2.11. The van der Waals surface area contributed by atoms with Crippen molar-refractivity contribution < 1.29 is 4.39 Å². The van der Waals surface area contributed by atoms with Gasteiger partial charge in [0, 0.05) is 24.4 Å². The van der Waals surface area contributed by atoms with E-state index in [9.17, 15) is 9.65 Å². The van der Waals surface area contributed by atoms with Crippen molar-refractivity contribution in [2.45, 2.75) is 27.2 Å². The van der Waals surface area contributed by atoms with Crippen LogP contribution in [0.15, 0.2) is 59.0 Å². The summed E-state index contributed by atoms with van der Waals surface area (Å²) < 4.78 is 13.1. The first-order valence-corrected chi connectivity index (χ1v) is 8.11. The molecule has 0 unspecified atom stereocenters. The SMILES string of the molecule is C/C=C(\C=C(/N)F)c1ccc(C)c(C(/C=N\C)=C/C(C#N)=C/CC)c1. The maximum absolute atomic E-state index is 13.1. The molecule has 0 fully saturated rings. The molecule has 0 aliphatic heterocycles. The van der Waals surface area contributed by atoms with E-state index in [-0.39, 0.29) is 0 Å². The summed E-state index contributed by atoms with van der Waals surface area (Å²) in [7, 11) is 1.69. The van der Waals surface area contributed by atoms with Gasteiger partial charge in [0.2, 0.25) is 0 Å². The number of aryl methyl sites for hydroxylation is 1. The summed E-state index contributed by atoms with van der Waals surface area (Å²) in [6.45, 7) is 5.80. The summed E-state index contributed by atoms with van der Waals surface area (Å²) in [6.07, 6.45) is 9.28. The summed E-state index contributed by atoms with van der Waals surface area (Å²) in [6, 6.07) is 8.03. The van der Waals surface area contributed by atoms with E-state index in [0.717, 1.165) is 28.7 Å². The Bertz CT molecular complexity index is 799. The first-order chi connectivity index (χ1) is 12.0. The van der Waals surface area contributed by atoms with Crippen molar-refractivity contribution in [2.24, 2.45) is 10.7 Å². The van der Waals surface area contributed by atoms with Crippen molar-refractivity contribution >= 4 is 17.4 Å². The van der Waals surface area contributed by atoms with Crippen molar-refractivity contribution in [3.8, 4) is 6.07 Å². The van der Waals surface area contributed by atoms with E-state index in [2.05, 4.69) is 11.1 Å². The Balaban J connectivity index is 3.55. The second kappa shape index (κ2) is 10.0. The number of allylic oxidation sites excluding steroid dienone is 7. The van der Waals surface area contributed by atoms with Gasteiger partial charge in [-0.05, 0) is 60.8 Å². The standard InChI is InChI=1S/C21H24FN3/c1-5-7-16(13-23)10-19(14-25-4)20-11-18(9-8-15(20)3)17(6-2)12-21(22)24/h6-12,14H,5,24H2,1-4H3/b16-7-,17-6+,19-10+,21-12-,25-14-. The zero-order valence-corrected chi connectivity index (χ0v) is 15.2. The molecule has 0 atom stereocenters. The number of hydrogen-bond acceptors (Lipinski definition) is 3. The predicted octanol–water partition coefficient (Wildman–Crippen LogP) is 5.11. The number of nitrogens with zero attached hydrogens (tertiary/aromatic N) is 2. The Labute approximate surface area is 149 Å². The lowest BCUT2D eigenvalue weighted by atomic mass is 9.94. The van der Waals surface area contributed by atoms with Gasteiger partial charge in [-0.3, -0.25) is 4.99 Å². The van der Waals surface area contributed by atoms with Crippen LogP contribution in [0.3, 0.4) is 0 Å². The maximum atomic E-state index is 13.1. The van der Waals surface area contributed by atoms with Crippen molar-refractivity contribution in [1.82, 2.24) is 0 Å². The van der Waals surface area contributed by atoms with Crippen LogP contribution < -0.4 is 5.73 Å². The zero-order chi connectivity index (χ0) is 18.8. The lowest BCUT2D eigenvalue weighted by molar-refractivity contribution is 0.628. The Morgan fingerprint density at radius 2 is 2.04 bits per heavy atom. The van der Waals surface area contributed by atoms with Crippen LogP contribution in [0.1, 0.15) is 37.0 Å². The smallest absolute Gasteiger partial charge is 0.185 e. The number of aliphatic imine (C=N–C) groups is 1. The monoisotopic (exact) mass is 337 g/mol. The highest BCUT2D eigenvalue weighted by Gasteiger charge is 2.08. The summed E-state index contributed by atoms with van der Waals surface area (Å²) in [5, 5.41) is 9.29. The number of hydrogen-bond donors (Lipinski definition) is 1. The van der Waals surface area contributed by atoms with E-state index in [4.69, 9.17) is 5.73 Å². The van der Waals surface area contributed by atoms with Gasteiger partial charge >= 0.3 is 0 Å². The largest absolute Gasteiger partial charge is 0.376 e. The molecule has 4 heteroatoms. The zero-order valence-electron chi connectivity index (χ0n) is 15.2. The van der Waals surface area contributed by atoms with Crippen LogP contribution in [-0.4, -0.2) is 13.3 Å². The predicted molar refractivity (Wildman–Crippen MR) is 105 cm³/mol. The highest BCUT2D eigenvalue weighted by Crippen LogP contribution is 2.25. The minimum atomic E-state index is -0.737. The van der Waals surface area contributed by atoms with Gasteiger partial charge in [-0.1, -0.05) is 31.2 Å². The molecule has 1 rings (SSSR count). The van der Waals surface area contributed by atoms with E-state index in [0.29, 0.717) is 11.1 Å². The summed E-state index contributed by atoms with van der Waals surface area (Å²) in [4.78, 5) is 4.11. The van der Waals surface area contributed by atoms with Gasteiger partial charge in [0.1, 0.15) is 0 Å². The number of benzene rings is 1. The van der Waals surface area contributed by atoms with Crippen LogP contribution in [0.4, 0.5) is 4.39 Å². The number of rotatable bonds is 6. The molecule has 25 heavy (non-hydrogen) atoms. The Hall–Kier alpha value is -2.93. The maximum Gasteiger partial charge on any atom is 0.185 e.